The third-order valence-electron chi connectivity index (χ3n) is 2.66. The van der Waals surface area contributed by atoms with Gasteiger partial charge in [0.25, 0.3) is 0 Å². The quantitative estimate of drug-likeness (QED) is 0.742. The second-order valence-electron chi connectivity index (χ2n) is 4.17. The summed E-state index contributed by atoms with van der Waals surface area (Å²) in [4.78, 5) is 2.42. The Morgan fingerprint density at radius 2 is 2.20 bits per heavy atom. The summed E-state index contributed by atoms with van der Waals surface area (Å²) >= 11 is 0. The highest BCUT2D eigenvalue weighted by atomic mass is 15.2. The van der Waals surface area contributed by atoms with Crippen LogP contribution in [0, 0.1) is 0 Å². The first-order chi connectivity index (χ1) is 7.27. The maximum Gasteiger partial charge on any atom is 0.0605 e. The largest absolute Gasteiger partial charge is 0.382 e. The molecule has 0 aromatic heterocycles. The second-order valence-corrected chi connectivity index (χ2v) is 4.17. The van der Waals surface area contributed by atoms with E-state index in [1.54, 1.807) is 0 Å². The molecule has 2 heteroatoms. The predicted molar refractivity (Wildman–Crippen MR) is 66.6 cm³/mol. The van der Waals surface area contributed by atoms with E-state index in [-0.39, 0.29) is 0 Å². The molecular weight excluding hydrogens is 184 g/mol. The summed E-state index contributed by atoms with van der Waals surface area (Å²) in [5.41, 5.74) is 3.96. The van der Waals surface area contributed by atoms with Crippen molar-refractivity contribution in [1.82, 2.24) is 0 Å². The lowest BCUT2D eigenvalue weighted by Gasteiger charge is -2.31. The Labute approximate surface area is 91.6 Å². The monoisotopic (exact) mass is 202 g/mol. The molecule has 2 nitrogen and oxygen atoms in total. The number of rotatable bonds is 2. The molecule has 0 saturated heterocycles. The number of fused-ring (bicyclic) bond motifs is 1. The van der Waals surface area contributed by atoms with Gasteiger partial charge < -0.3 is 10.2 Å². The van der Waals surface area contributed by atoms with Crippen LogP contribution >= 0.6 is 0 Å². The van der Waals surface area contributed by atoms with Crippen molar-refractivity contribution in [2.45, 2.75) is 13.8 Å². The Kier molecular flexibility index (Phi) is 2.95. The summed E-state index contributed by atoms with van der Waals surface area (Å²) in [6, 6.07) is 8.50. The number of para-hydroxylation sites is 2. The van der Waals surface area contributed by atoms with E-state index in [0.29, 0.717) is 0 Å². The van der Waals surface area contributed by atoms with Gasteiger partial charge in [-0.05, 0) is 26.0 Å². The lowest BCUT2D eigenvalue weighted by Crippen LogP contribution is -2.34. The van der Waals surface area contributed by atoms with Crippen molar-refractivity contribution in [2.75, 3.05) is 29.9 Å². The van der Waals surface area contributed by atoms with Crippen molar-refractivity contribution in [3.8, 4) is 0 Å². The van der Waals surface area contributed by atoms with Gasteiger partial charge in [0, 0.05) is 19.6 Å². The van der Waals surface area contributed by atoms with Gasteiger partial charge in [-0.1, -0.05) is 23.8 Å². The van der Waals surface area contributed by atoms with E-state index in [2.05, 4.69) is 54.4 Å². The van der Waals surface area contributed by atoms with Gasteiger partial charge >= 0.3 is 0 Å². The fourth-order valence-corrected chi connectivity index (χ4v) is 1.83. The van der Waals surface area contributed by atoms with Crippen LogP contribution < -0.4 is 10.2 Å². The van der Waals surface area contributed by atoms with Crippen LogP contribution in [0.3, 0.4) is 0 Å². The van der Waals surface area contributed by atoms with E-state index < -0.39 is 0 Å². The maximum absolute atomic E-state index is 3.42. The fraction of sp³-hybridized carbons (Fsp3) is 0.385. The van der Waals surface area contributed by atoms with Crippen LogP contribution in [0.25, 0.3) is 0 Å². The van der Waals surface area contributed by atoms with Crippen LogP contribution in [-0.2, 0) is 0 Å². The SMILES string of the molecule is CC(C)=CCN1CCNc2ccccc21. The number of benzene rings is 1. The zero-order valence-corrected chi connectivity index (χ0v) is 9.46. The minimum absolute atomic E-state index is 1.01. The second kappa shape index (κ2) is 4.39. The van der Waals surface area contributed by atoms with Crippen LogP contribution in [0.2, 0.25) is 0 Å². The molecule has 1 aliphatic rings. The van der Waals surface area contributed by atoms with Crippen LogP contribution in [0.1, 0.15) is 13.8 Å². The van der Waals surface area contributed by atoms with E-state index in [1.807, 2.05) is 0 Å². The molecule has 0 atom stereocenters. The maximum atomic E-state index is 3.42. The molecule has 1 N–H and O–H groups in total. The smallest absolute Gasteiger partial charge is 0.0605 e. The summed E-state index contributed by atoms with van der Waals surface area (Å²) in [7, 11) is 0. The topological polar surface area (TPSA) is 15.3 Å². The van der Waals surface area contributed by atoms with E-state index in [0.717, 1.165) is 19.6 Å². The first kappa shape index (κ1) is 10.1. The van der Waals surface area contributed by atoms with Crippen LogP contribution in [-0.4, -0.2) is 19.6 Å². The number of nitrogens with one attached hydrogen (secondary N) is 1. The minimum Gasteiger partial charge on any atom is -0.382 e. The lowest BCUT2D eigenvalue weighted by atomic mass is 10.2. The molecular formula is C13H18N2. The fourth-order valence-electron chi connectivity index (χ4n) is 1.83. The summed E-state index contributed by atoms with van der Waals surface area (Å²) in [6.45, 7) is 7.43. The van der Waals surface area contributed by atoms with Crippen LogP contribution in [0.15, 0.2) is 35.9 Å². The highest BCUT2D eigenvalue weighted by molar-refractivity contribution is 5.72. The third kappa shape index (κ3) is 2.32. The average molecular weight is 202 g/mol. The van der Waals surface area contributed by atoms with Crippen molar-refractivity contribution >= 4 is 11.4 Å². The van der Waals surface area contributed by atoms with E-state index in [1.165, 1.54) is 16.9 Å². The molecule has 0 radical (unpaired) electrons. The molecule has 0 amide bonds. The first-order valence-electron chi connectivity index (χ1n) is 5.48. The summed E-state index contributed by atoms with van der Waals surface area (Å²) in [5.74, 6) is 0. The van der Waals surface area contributed by atoms with E-state index in [9.17, 15) is 0 Å². The summed E-state index contributed by atoms with van der Waals surface area (Å²) < 4.78 is 0. The van der Waals surface area contributed by atoms with Gasteiger partial charge in [0.15, 0.2) is 0 Å². The molecule has 0 fully saturated rings. The Morgan fingerprint density at radius 1 is 1.40 bits per heavy atom. The molecule has 2 rings (SSSR count). The standard InChI is InChI=1S/C13H18N2/c1-11(2)7-9-15-10-8-14-12-5-3-4-6-13(12)15/h3-7,14H,8-10H2,1-2H3. The van der Waals surface area contributed by atoms with Gasteiger partial charge in [-0.3, -0.25) is 0 Å². The average Bonchev–Trinajstić information content (AvgIpc) is 2.26. The number of anilines is 2. The summed E-state index contributed by atoms with van der Waals surface area (Å²) in [5, 5.41) is 3.42. The van der Waals surface area contributed by atoms with Crippen molar-refractivity contribution in [2.24, 2.45) is 0 Å². The summed E-state index contributed by atoms with van der Waals surface area (Å²) in [6.07, 6.45) is 2.28. The Balaban J connectivity index is 2.19. The molecule has 0 saturated carbocycles. The number of allylic oxidation sites excluding steroid dienone is 1. The predicted octanol–water partition coefficient (Wildman–Crippen LogP) is 2.88. The third-order valence-corrected chi connectivity index (χ3v) is 2.66. The number of nitrogens with zero attached hydrogens (tertiary/aromatic N) is 1. The molecule has 1 aromatic rings. The molecule has 1 aliphatic heterocycles. The van der Waals surface area contributed by atoms with Crippen LogP contribution in [0.4, 0.5) is 11.4 Å². The van der Waals surface area contributed by atoms with Gasteiger partial charge in [-0.2, -0.15) is 0 Å². The minimum atomic E-state index is 1.01. The molecule has 0 spiro atoms. The first-order valence-corrected chi connectivity index (χ1v) is 5.48. The van der Waals surface area contributed by atoms with Crippen molar-refractivity contribution in [3.05, 3.63) is 35.9 Å². The highest BCUT2D eigenvalue weighted by Crippen LogP contribution is 2.27. The molecule has 0 aliphatic carbocycles. The van der Waals surface area contributed by atoms with Gasteiger partial charge in [0.1, 0.15) is 0 Å². The van der Waals surface area contributed by atoms with Crippen LogP contribution in [0.5, 0.6) is 0 Å². The zero-order valence-electron chi connectivity index (χ0n) is 9.46. The molecule has 15 heavy (non-hydrogen) atoms. The number of hydrogen-bond donors (Lipinski definition) is 1. The van der Waals surface area contributed by atoms with Crippen molar-refractivity contribution < 1.29 is 0 Å². The van der Waals surface area contributed by atoms with Crippen molar-refractivity contribution in [1.29, 1.82) is 0 Å². The molecule has 80 valence electrons. The van der Waals surface area contributed by atoms with E-state index in [4.69, 9.17) is 0 Å². The van der Waals surface area contributed by atoms with Crippen molar-refractivity contribution in [3.63, 3.8) is 0 Å². The van der Waals surface area contributed by atoms with E-state index >= 15 is 0 Å². The highest BCUT2D eigenvalue weighted by Gasteiger charge is 2.13. The lowest BCUT2D eigenvalue weighted by molar-refractivity contribution is 0.840. The molecule has 1 aromatic carbocycles. The Hall–Kier alpha value is -1.44. The van der Waals surface area contributed by atoms with Gasteiger partial charge in [0.05, 0.1) is 11.4 Å². The van der Waals surface area contributed by atoms with Gasteiger partial charge in [-0.25, -0.2) is 0 Å². The van der Waals surface area contributed by atoms with Gasteiger partial charge in [0.2, 0.25) is 0 Å². The molecule has 0 unspecified atom stereocenters. The normalized spacial score (nSPS) is 14.1. The Morgan fingerprint density at radius 3 is 3.00 bits per heavy atom. The molecule has 1 heterocycles. The molecule has 0 bridgehead atoms. The van der Waals surface area contributed by atoms with Gasteiger partial charge in [-0.15, -0.1) is 0 Å². The Bertz CT molecular complexity index is 365. The zero-order chi connectivity index (χ0) is 10.7. The number of hydrogen-bond acceptors (Lipinski definition) is 2.